The smallest absolute Gasteiger partial charge is 0.131 e. The molecule has 3 nitrogen and oxygen atoms in total. The van der Waals surface area contributed by atoms with Crippen LogP contribution in [-0.2, 0) is 20.0 Å². The minimum Gasteiger partial charge on any atom is -0.312 e. The van der Waals surface area contributed by atoms with Crippen LogP contribution in [0.5, 0.6) is 0 Å². The molecule has 1 aromatic carbocycles. The number of nitrogens with one attached hydrogen (secondary N) is 1. The van der Waals surface area contributed by atoms with Gasteiger partial charge in [0.25, 0.3) is 0 Å². The molecule has 19 heavy (non-hydrogen) atoms. The molecule has 5 heteroatoms. The molecule has 0 aliphatic heterocycles. The highest BCUT2D eigenvalue weighted by Gasteiger charge is 2.10. The lowest BCUT2D eigenvalue weighted by Gasteiger charge is -2.05. The average molecular weight is 282 g/mol. The van der Waals surface area contributed by atoms with Crippen LogP contribution in [0.15, 0.2) is 24.3 Å². The maximum Gasteiger partial charge on any atom is 0.131 e. The van der Waals surface area contributed by atoms with Crippen LogP contribution >= 0.6 is 11.6 Å². The second-order valence-electron chi connectivity index (χ2n) is 4.54. The summed E-state index contributed by atoms with van der Waals surface area (Å²) in [6, 6.07) is 6.67. The van der Waals surface area contributed by atoms with Gasteiger partial charge in [0.15, 0.2) is 0 Å². The van der Waals surface area contributed by atoms with Gasteiger partial charge in [0, 0.05) is 19.2 Å². The Morgan fingerprint density at radius 2 is 2.21 bits per heavy atom. The third-order valence-corrected chi connectivity index (χ3v) is 3.52. The number of hydrogen-bond donors (Lipinski definition) is 1. The van der Waals surface area contributed by atoms with Crippen molar-refractivity contribution < 1.29 is 4.39 Å². The van der Waals surface area contributed by atoms with E-state index in [-0.39, 0.29) is 5.82 Å². The van der Waals surface area contributed by atoms with Crippen molar-refractivity contribution in [3.8, 4) is 0 Å². The highest BCUT2D eigenvalue weighted by atomic mass is 35.5. The Labute approximate surface area is 117 Å². The molecule has 0 aliphatic carbocycles. The first-order valence-electron chi connectivity index (χ1n) is 6.21. The van der Waals surface area contributed by atoms with Crippen molar-refractivity contribution in [1.82, 2.24) is 15.1 Å². The first kappa shape index (κ1) is 14.0. The van der Waals surface area contributed by atoms with Crippen molar-refractivity contribution in [3.63, 3.8) is 0 Å². The third kappa shape index (κ3) is 3.55. The summed E-state index contributed by atoms with van der Waals surface area (Å²) in [5.41, 5.74) is 2.94. The van der Waals surface area contributed by atoms with E-state index in [0.29, 0.717) is 11.7 Å². The van der Waals surface area contributed by atoms with Crippen LogP contribution in [0.25, 0.3) is 0 Å². The molecule has 102 valence electrons. The normalized spacial score (nSPS) is 10.9. The summed E-state index contributed by atoms with van der Waals surface area (Å²) in [4.78, 5) is 0. The van der Waals surface area contributed by atoms with Gasteiger partial charge in [0.05, 0.1) is 5.69 Å². The first-order valence-corrected chi connectivity index (χ1v) is 6.59. The molecule has 0 fully saturated rings. The molecule has 2 rings (SSSR count). The standard InChI is InChI=1S/C14H17ClFN3/c1-10-13(14(15)19(2)18-10)9-17-7-6-11-4-3-5-12(16)8-11/h3-5,8,17H,6-7,9H2,1-2H3. The monoisotopic (exact) mass is 281 g/mol. The van der Waals surface area contributed by atoms with Crippen molar-refractivity contribution in [1.29, 1.82) is 0 Å². The SMILES string of the molecule is Cc1nn(C)c(Cl)c1CNCCc1cccc(F)c1. The van der Waals surface area contributed by atoms with Crippen LogP contribution in [0, 0.1) is 12.7 Å². The summed E-state index contributed by atoms with van der Waals surface area (Å²) < 4.78 is 14.7. The Hall–Kier alpha value is -1.39. The van der Waals surface area contributed by atoms with Crippen LogP contribution < -0.4 is 5.32 Å². The largest absolute Gasteiger partial charge is 0.312 e. The van der Waals surface area contributed by atoms with Crippen LogP contribution in [0.2, 0.25) is 5.15 Å². The lowest BCUT2D eigenvalue weighted by atomic mass is 10.1. The fourth-order valence-corrected chi connectivity index (χ4v) is 2.25. The van der Waals surface area contributed by atoms with Crippen molar-refractivity contribution in [2.24, 2.45) is 7.05 Å². The third-order valence-electron chi connectivity index (χ3n) is 3.05. The Balaban J connectivity index is 1.84. The van der Waals surface area contributed by atoms with E-state index in [2.05, 4.69) is 10.4 Å². The Morgan fingerprint density at radius 3 is 2.84 bits per heavy atom. The summed E-state index contributed by atoms with van der Waals surface area (Å²) >= 11 is 6.14. The number of benzene rings is 1. The molecular weight excluding hydrogens is 265 g/mol. The molecule has 2 aromatic rings. The molecule has 0 aliphatic rings. The van der Waals surface area contributed by atoms with Crippen molar-refractivity contribution in [3.05, 3.63) is 52.1 Å². The number of hydrogen-bond acceptors (Lipinski definition) is 2. The Bertz CT molecular complexity index is 566. The van der Waals surface area contributed by atoms with E-state index in [1.165, 1.54) is 6.07 Å². The van der Waals surface area contributed by atoms with Crippen molar-refractivity contribution in [2.75, 3.05) is 6.54 Å². The van der Waals surface area contributed by atoms with Gasteiger partial charge in [-0.2, -0.15) is 5.10 Å². The van der Waals surface area contributed by atoms with Gasteiger partial charge in [-0.15, -0.1) is 0 Å². The van der Waals surface area contributed by atoms with Gasteiger partial charge in [-0.1, -0.05) is 23.7 Å². The van der Waals surface area contributed by atoms with Crippen LogP contribution in [0.4, 0.5) is 4.39 Å². The molecule has 0 amide bonds. The minimum absolute atomic E-state index is 0.191. The average Bonchev–Trinajstić information content (AvgIpc) is 2.60. The molecular formula is C14H17ClFN3. The van der Waals surface area contributed by atoms with Gasteiger partial charge in [-0.3, -0.25) is 4.68 Å². The number of aromatic nitrogens is 2. The van der Waals surface area contributed by atoms with Crippen LogP contribution in [-0.4, -0.2) is 16.3 Å². The van der Waals surface area contributed by atoms with Crippen molar-refractivity contribution >= 4 is 11.6 Å². The van der Waals surface area contributed by atoms with Crippen molar-refractivity contribution in [2.45, 2.75) is 19.9 Å². The lowest BCUT2D eigenvalue weighted by Crippen LogP contribution is -2.17. The van der Waals surface area contributed by atoms with Gasteiger partial charge in [0.1, 0.15) is 11.0 Å². The van der Waals surface area contributed by atoms with E-state index < -0.39 is 0 Å². The molecule has 0 radical (unpaired) electrons. The molecule has 0 saturated carbocycles. The predicted molar refractivity (Wildman–Crippen MR) is 74.8 cm³/mol. The van der Waals surface area contributed by atoms with E-state index in [1.54, 1.807) is 16.8 Å². The summed E-state index contributed by atoms with van der Waals surface area (Å²) in [6.45, 7) is 3.39. The molecule has 0 unspecified atom stereocenters. The van der Waals surface area contributed by atoms with E-state index >= 15 is 0 Å². The highest BCUT2D eigenvalue weighted by molar-refractivity contribution is 6.30. The molecule has 0 atom stereocenters. The number of nitrogens with zero attached hydrogens (tertiary/aromatic N) is 2. The van der Waals surface area contributed by atoms with Gasteiger partial charge in [-0.05, 0) is 37.6 Å². The molecule has 0 saturated heterocycles. The fraction of sp³-hybridized carbons (Fsp3) is 0.357. The topological polar surface area (TPSA) is 29.9 Å². The zero-order valence-corrected chi connectivity index (χ0v) is 11.8. The summed E-state index contributed by atoms with van der Waals surface area (Å²) in [5, 5.41) is 8.22. The maximum atomic E-state index is 13.0. The zero-order chi connectivity index (χ0) is 13.8. The lowest BCUT2D eigenvalue weighted by molar-refractivity contribution is 0.622. The Kier molecular flexibility index (Phi) is 4.56. The van der Waals surface area contributed by atoms with E-state index in [9.17, 15) is 4.39 Å². The molecule has 1 heterocycles. The second kappa shape index (κ2) is 6.17. The van der Waals surface area contributed by atoms with Gasteiger partial charge >= 0.3 is 0 Å². The maximum absolute atomic E-state index is 13.0. The minimum atomic E-state index is -0.191. The van der Waals surface area contributed by atoms with Gasteiger partial charge in [0.2, 0.25) is 0 Å². The molecule has 0 spiro atoms. The zero-order valence-electron chi connectivity index (χ0n) is 11.1. The van der Waals surface area contributed by atoms with E-state index in [0.717, 1.165) is 29.8 Å². The second-order valence-corrected chi connectivity index (χ2v) is 4.89. The van der Waals surface area contributed by atoms with Crippen LogP contribution in [0.1, 0.15) is 16.8 Å². The highest BCUT2D eigenvalue weighted by Crippen LogP contribution is 2.17. The number of halogens is 2. The molecule has 1 aromatic heterocycles. The quantitative estimate of drug-likeness (QED) is 0.854. The summed E-state index contributed by atoms with van der Waals surface area (Å²) in [6.07, 6.45) is 0.786. The molecule has 0 bridgehead atoms. The molecule has 1 N–H and O–H groups in total. The van der Waals surface area contributed by atoms with Gasteiger partial charge in [-0.25, -0.2) is 4.39 Å². The summed E-state index contributed by atoms with van der Waals surface area (Å²) in [5.74, 6) is -0.191. The number of aryl methyl sites for hydroxylation is 2. The van der Waals surface area contributed by atoms with Gasteiger partial charge < -0.3 is 5.32 Å². The number of rotatable bonds is 5. The predicted octanol–water partition coefficient (Wildman–Crippen LogP) is 2.85. The fourth-order valence-electron chi connectivity index (χ4n) is 2.01. The van der Waals surface area contributed by atoms with Crippen LogP contribution in [0.3, 0.4) is 0 Å². The first-order chi connectivity index (χ1) is 9.08. The van der Waals surface area contributed by atoms with E-state index in [4.69, 9.17) is 11.6 Å². The Morgan fingerprint density at radius 1 is 1.42 bits per heavy atom. The summed E-state index contributed by atoms with van der Waals surface area (Å²) in [7, 11) is 1.82. The van der Waals surface area contributed by atoms with E-state index in [1.807, 2.05) is 20.0 Å².